The van der Waals surface area contributed by atoms with Gasteiger partial charge in [0.15, 0.2) is 0 Å². The van der Waals surface area contributed by atoms with Gasteiger partial charge in [0.2, 0.25) is 5.91 Å². The normalized spacial score (nSPS) is 27.6. The second kappa shape index (κ2) is 5.29. The number of rotatable bonds is 3. The fourth-order valence-electron chi connectivity index (χ4n) is 3.85. The molecular weight excluding hydrogens is 276 g/mol. The summed E-state index contributed by atoms with van der Waals surface area (Å²) in [4.78, 5) is 17.4. The first-order valence-electron chi connectivity index (χ1n) is 7.94. The number of amides is 1. The van der Waals surface area contributed by atoms with Gasteiger partial charge in [-0.25, -0.2) is 0 Å². The number of carbonyl (C=O) groups excluding carboxylic acids is 1. The monoisotopic (exact) mass is 296 g/mol. The minimum atomic E-state index is -0.632. The van der Waals surface area contributed by atoms with E-state index in [4.69, 9.17) is 0 Å². The Morgan fingerprint density at radius 3 is 2.91 bits per heavy atom. The number of aromatic nitrogens is 1. The molecule has 2 aromatic rings. The van der Waals surface area contributed by atoms with Crippen molar-refractivity contribution in [3.05, 3.63) is 48.2 Å². The van der Waals surface area contributed by atoms with Crippen LogP contribution in [0.25, 0.3) is 10.9 Å². The molecule has 0 saturated carbocycles. The van der Waals surface area contributed by atoms with E-state index >= 15 is 0 Å². The summed E-state index contributed by atoms with van der Waals surface area (Å²) in [5.41, 5.74) is 2.31. The third-order valence-electron chi connectivity index (χ3n) is 5.08. The van der Waals surface area contributed by atoms with Crippen molar-refractivity contribution in [2.45, 2.75) is 25.5 Å². The molecule has 1 saturated heterocycles. The number of nitrogens with one attached hydrogen (secondary N) is 1. The lowest BCUT2D eigenvalue weighted by Gasteiger charge is -2.23. The number of nitrogens with zero attached hydrogens (tertiary/aromatic N) is 1. The highest BCUT2D eigenvalue weighted by Gasteiger charge is 2.46. The average molecular weight is 296 g/mol. The summed E-state index contributed by atoms with van der Waals surface area (Å²) in [6.45, 7) is 0.578. The fourth-order valence-corrected chi connectivity index (χ4v) is 3.85. The predicted molar refractivity (Wildman–Crippen MR) is 85.1 cm³/mol. The van der Waals surface area contributed by atoms with Crippen LogP contribution in [0.5, 0.6) is 0 Å². The van der Waals surface area contributed by atoms with E-state index in [0.29, 0.717) is 6.54 Å². The van der Waals surface area contributed by atoms with Crippen LogP contribution in [0.2, 0.25) is 0 Å². The lowest BCUT2D eigenvalue weighted by molar-refractivity contribution is -0.135. The highest BCUT2D eigenvalue weighted by molar-refractivity contribution is 5.84. The first kappa shape index (κ1) is 13.6. The van der Waals surface area contributed by atoms with Crippen LogP contribution in [0, 0.1) is 11.8 Å². The Bertz CT molecular complexity index is 734. The van der Waals surface area contributed by atoms with Gasteiger partial charge in [-0.15, -0.1) is 0 Å². The Morgan fingerprint density at radius 2 is 2.05 bits per heavy atom. The van der Waals surface area contributed by atoms with Crippen molar-refractivity contribution in [1.29, 1.82) is 0 Å². The quantitative estimate of drug-likeness (QED) is 0.855. The number of para-hydroxylation sites is 1. The standard InChI is InChI=1S/C18H20N2O2/c21-17-14-6-1-2-7-15(14)18(22)20(17)10-9-12-11-19-16-8-4-3-5-13(12)16/h1-5,8,11,14-15,17,19,21H,6-7,9-10H2/t14-,15-,17-/m0/s1. The van der Waals surface area contributed by atoms with Crippen molar-refractivity contribution in [1.82, 2.24) is 9.88 Å². The Kier molecular flexibility index (Phi) is 3.26. The molecule has 1 aliphatic carbocycles. The number of hydrogen-bond donors (Lipinski definition) is 2. The molecule has 0 bridgehead atoms. The highest BCUT2D eigenvalue weighted by Crippen LogP contribution is 2.37. The molecule has 2 aliphatic rings. The third kappa shape index (κ3) is 2.06. The zero-order valence-electron chi connectivity index (χ0n) is 12.4. The number of allylic oxidation sites excluding steroid dienone is 2. The van der Waals surface area contributed by atoms with Crippen molar-refractivity contribution in [2.24, 2.45) is 11.8 Å². The largest absolute Gasteiger partial charge is 0.373 e. The highest BCUT2D eigenvalue weighted by atomic mass is 16.3. The second-order valence-corrected chi connectivity index (χ2v) is 6.27. The molecule has 1 fully saturated rings. The van der Waals surface area contributed by atoms with Gasteiger partial charge in [-0.3, -0.25) is 4.79 Å². The number of likely N-dealkylation sites (tertiary alicyclic amines) is 1. The Balaban J connectivity index is 1.51. The maximum atomic E-state index is 12.5. The van der Waals surface area contributed by atoms with E-state index in [1.54, 1.807) is 4.90 Å². The molecule has 2 N–H and O–H groups in total. The average Bonchev–Trinajstić information content (AvgIpc) is 3.07. The van der Waals surface area contributed by atoms with Crippen molar-refractivity contribution >= 4 is 16.8 Å². The molecule has 4 rings (SSSR count). The van der Waals surface area contributed by atoms with Crippen LogP contribution in [0.1, 0.15) is 18.4 Å². The minimum Gasteiger partial charge on any atom is -0.373 e. The number of hydrogen-bond acceptors (Lipinski definition) is 2. The van der Waals surface area contributed by atoms with E-state index in [1.165, 1.54) is 10.9 Å². The smallest absolute Gasteiger partial charge is 0.228 e. The van der Waals surface area contributed by atoms with Crippen molar-refractivity contribution < 1.29 is 9.90 Å². The Morgan fingerprint density at radius 1 is 1.23 bits per heavy atom. The molecule has 2 heterocycles. The Hall–Kier alpha value is -2.07. The molecule has 22 heavy (non-hydrogen) atoms. The summed E-state index contributed by atoms with van der Waals surface area (Å²) in [6, 6.07) is 8.17. The molecule has 1 aliphatic heterocycles. The van der Waals surface area contributed by atoms with Crippen molar-refractivity contribution in [3.8, 4) is 0 Å². The molecule has 4 heteroatoms. The van der Waals surface area contributed by atoms with Crippen LogP contribution >= 0.6 is 0 Å². The zero-order chi connectivity index (χ0) is 15.1. The number of benzene rings is 1. The van der Waals surface area contributed by atoms with Gasteiger partial charge in [-0.05, 0) is 30.9 Å². The topological polar surface area (TPSA) is 56.3 Å². The van der Waals surface area contributed by atoms with E-state index in [-0.39, 0.29) is 17.7 Å². The number of aliphatic hydroxyl groups is 1. The molecule has 1 amide bonds. The zero-order valence-corrected chi connectivity index (χ0v) is 12.4. The van der Waals surface area contributed by atoms with Gasteiger partial charge in [-0.1, -0.05) is 30.4 Å². The third-order valence-corrected chi connectivity index (χ3v) is 5.08. The van der Waals surface area contributed by atoms with E-state index in [9.17, 15) is 9.90 Å². The molecule has 1 aromatic heterocycles. The van der Waals surface area contributed by atoms with E-state index < -0.39 is 6.23 Å². The van der Waals surface area contributed by atoms with Crippen LogP contribution in [0.3, 0.4) is 0 Å². The van der Waals surface area contributed by atoms with Gasteiger partial charge in [0.25, 0.3) is 0 Å². The Labute approximate surface area is 129 Å². The lowest BCUT2D eigenvalue weighted by Crippen LogP contribution is -2.36. The van der Waals surface area contributed by atoms with Gasteiger partial charge in [-0.2, -0.15) is 0 Å². The second-order valence-electron chi connectivity index (χ2n) is 6.27. The van der Waals surface area contributed by atoms with Crippen LogP contribution in [0.15, 0.2) is 42.6 Å². The summed E-state index contributed by atoms with van der Waals surface area (Å²) in [5.74, 6) is 0.158. The maximum Gasteiger partial charge on any atom is 0.228 e. The van der Waals surface area contributed by atoms with E-state index in [0.717, 1.165) is 24.8 Å². The molecule has 0 radical (unpaired) electrons. The number of H-pyrrole nitrogens is 1. The molecule has 0 spiro atoms. The fraction of sp³-hybridized carbons (Fsp3) is 0.389. The molecule has 1 aromatic carbocycles. The summed E-state index contributed by atoms with van der Waals surface area (Å²) in [7, 11) is 0. The maximum absolute atomic E-state index is 12.5. The van der Waals surface area contributed by atoms with Gasteiger partial charge in [0.1, 0.15) is 6.23 Å². The summed E-state index contributed by atoms with van der Waals surface area (Å²) in [5, 5.41) is 11.7. The minimum absolute atomic E-state index is 0.0250. The number of aliphatic hydroxyl groups excluding tert-OH is 1. The lowest BCUT2D eigenvalue weighted by atomic mass is 9.85. The first-order chi connectivity index (χ1) is 10.8. The SMILES string of the molecule is O=C1[C@H]2CC=CC[C@@H]2[C@H](O)N1CCc1c[nH]c2ccccc12. The number of carbonyl (C=O) groups is 1. The van der Waals surface area contributed by atoms with Crippen molar-refractivity contribution in [2.75, 3.05) is 6.54 Å². The molecule has 3 atom stereocenters. The first-order valence-corrected chi connectivity index (χ1v) is 7.94. The van der Waals surface area contributed by atoms with Crippen molar-refractivity contribution in [3.63, 3.8) is 0 Å². The van der Waals surface area contributed by atoms with Gasteiger partial charge < -0.3 is 15.0 Å². The summed E-state index contributed by atoms with van der Waals surface area (Å²) >= 11 is 0. The van der Waals surface area contributed by atoms with Crippen LogP contribution in [-0.2, 0) is 11.2 Å². The summed E-state index contributed by atoms with van der Waals surface area (Å²) < 4.78 is 0. The van der Waals surface area contributed by atoms with Crippen LogP contribution in [-0.4, -0.2) is 33.7 Å². The molecule has 0 unspecified atom stereocenters. The van der Waals surface area contributed by atoms with Crippen LogP contribution < -0.4 is 0 Å². The van der Waals surface area contributed by atoms with Crippen LogP contribution in [0.4, 0.5) is 0 Å². The molecule has 4 nitrogen and oxygen atoms in total. The van der Waals surface area contributed by atoms with E-state index in [2.05, 4.69) is 29.3 Å². The number of fused-ring (bicyclic) bond motifs is 2. The van der Waals surface area contributed by atoms with Gasteiger partial charge in [0.05, 0.1) is 0 Å². The predicted octanol–water partition coefficient (Wildman–Crippen LogP) is 2.45. The molecular formula is C18H20N2O2. The van der Waals surface area contributed by atoms with Gasteiger partial charge in [0, 0.05) is 35.5 Å². The number of aromatic amines is 1. The van der Waals surface area contributed by atoms with Gasteiger partial charge >= 0.3 is 0 Å². The van der Waals surface area contributed by atoms with E-state index in [1.807, 2.05) is 18.3 Å². The summed E-state index contributed by atoms with van der Waals surface area (Å²) in [6.07, 6.45) is 7.86. The molecule has 114 valence electrons.